The highest BCUT2D eigenvalue weighted by atomic mass is 32.1. The van der Waals surface area contributed by atoms with Crippen LogP contribution in [-0.4, -0.2) is 16.1 Å². The van der Waals surface area contributed by atoms with E-state index in [1.807, 2.05) is 0 Å². The predicted molar refractivity (Wildman–Crippen MR) is 68.5 cm³/mol. The molecule has 1 heterocycles. The summed E-state index contributed by atoms with van der Waals surface area (Å²) in [5.74, 6) is -0.651. The zero-order valence-electron chi connectivity index (χ0n) is 10.2. The Hall–Kier alpha value is -2.16. The second-order valence-electron chi connectivity index (χ2n) is 3.93. The number of aromatic nitrogens is 2. The number of nitrogens with two attached hydrogens (primary N) is 1. The summed E-state index contributed by atoms with van der Waals surface area (Å²) in [5, 5.41) is 9.44. The number of nitrogens with zero attached hydrogens (tertiary/aromatic N) is 2. The van der Waals surface area contributed by atoms with E-state index in [2.05, 4.69) is 15.5 Å². The summed E-state index contributed by atoms with van der Waals surface area (Å²) < 4.78 is 37.8. The van der Waals surface area contributed by atoms with Gasteiger partial charge >= 0.3 is 6.18 Å². The van der Waals surface area contributed by atoms with Crippen LogP contribution in [0.2, 0.25) is 0 Å². The standard InChI is InChI=1S/C11H9F3N4OS/c1-5-2-3-6(11(12,13)14)4-7(5)16-8(19)9-17-18-10(15)20-9/h2-4H,1H3,(H2,15,18)(H,16,19). The van der Waals surface area contributed by atoms with Gasteiger partial charge in [-0.15, -0.1) is 10.2 Å². The summed E-state index contributed by atoms with van der Waals surface area (Å²) in [5.41, 5.74) is 5.07. The number of benzene rings is 1. The summed E-state index contributed by atoms with van der Waals surface area (Å²) in [6.07, 6.45) is -4.47. The lowest BCUT2D eigenvalue weighted by atomic mass is 10.1. The van der Waals surface area contributed by atoms with Crippen LogP contribution in [-0.2, 0) is 6.18 Å². The van der Waals surface area contributed by atoms with E-state index in [1.165, 1.54) is 6.07 Å². The maximum absolute atomic E-state index is 12.6. The number of hydrogen-bond acceptors (Lipinski definition) is 5. The Morgan fingerprint density at radius 3 is 2.60 bits per heavy atom. The van der Waals surface area contributed by atoms with Crippen LogP contribution in [0.25, 0.3) is 0 Å². The fraction of sp³-hybridized carbons (Fsp3) is 0.182. The molecule has 0 saturated carbocycles. The Labute approximate surface area is 115 Å². The van der Waals surface area contributed by atoms with E-state index < -0.39 is 17.6 Å². The maximum atomic E-state index is 12.6. The Morgan fingerprint density at radius 1 is 1.35 bits per heavy atom. The Morgan fingerprint density at radius 2 is 2.05 bits per heavy atom. The minimum Gasteiger partial charge on any atom is -0.374 e. The zero-order valence-corrected chi connectivity index (χ0v) is 11.0. The number of aryl methyl sites for hydroxylation is 1. The van der Waals surface area contributed by atoms with Gasteiger partial charge in [-0.2, -0.15) is 13.2 Å². The predicted octanol–water partition coefficient (Wildman–Crippen LogP) is 2.70. The van der Waals surface area contributed by atoms with Gasteiger partial charge in [0.1, 0.15) is 0 Å². The van der Waals surface area contributed by atoms with Crippen LogP contribution >= 0.6 is 11.3 Å². The first-order valence-corrected chi connectivity index (χ1v) is 6.17. The molecule has 0 bridgehead atoms. The van der Waals surface area contributed by atoms with E-state index in [4.69, 9.17) is 5.73 Å². The molecule has 3 N–H and O–H groups in total. The molecule has 0 unspecified atom stereocenters. The second-order valence-corrected chi connectivity index (χ2v) is 4.94. The van der Waals surface area contributed by atoms with Crippen LogP contribution in [0.5, 0.6) is 0 Å². The molecule has 1 aromatic heterocycles. The number of carbonyl (C=O) groups is 1. The van der Waals surface area contributed by atoms with Gasteiger partial charge in [-0.1, -0.05) is 17.4 Å². The molecule has 0 fully saturated rings. The first-order chi connectivity index (χ1) is 9.27. The van der Waals surface area contributed by atoms with Gasteiger partial charge in [0.05, 0.1) is 5.56 Å². The highest BCUT2D eigenvalue weighted by molar-refractivity contribution is 7.16. The number of halogens is 3. The van der Waals surface area contributed by atoms with Crippen LogP contribution in [0, 0.1) is 6.92 Å². The normalized spacial score (nSPS) is 11.4. The number of hydrogen-bond donors (Lipinski definition) is 2. The number of amides is 1. The van der Waals surface area contributed by atoms with Crippen molar-refractivity contribution in [3.8, 4) is 0 Å². The monoisotopic (exact) mass is 302 g/mol. The zero-order chi connectivity index (χ0) is 14.9. The molecule has 2 rings (SSSR count). The summed E-state index contributed by atoms with van der Waals surface area (Å²) in [6.45, 7) is 1.59. The van der Waals surface area contributed by atoms with E-state index in [-0.39, 0.29) is 15.8 Å². The van der Waals surface area contributed by atoms with E-state index >= 15 is 0 Å². The third-order valence-electron chi connectivity index (χ3n) is 2.45. The van der Waals surface area contributed by atoms with E-state index in [0.29, 0.717) is 5.56 Å². The highest BCUT2D eigenvalue weighted by Gasteiger charge is 2.31. The smallest absolute Gasteiger partial charge is 0.374 e. The largest absolute Gasteiger partial charge is 0.416 e. The molecule has 9 heteroatoms. The third-order valence-corrected chi connectivity index (χ3v) is 3.20. The van der Waals surface area contributed by atoms with Gasteiger partial charge in [-0.3, -0.25) is 4.79 Å². The lowest BCUT2D eigenvalue weighted by Crippen LogP contribution is -2.14. The molecular formula is C11H9F3N4OS. The molecule has 20 heavy (non-hydrogen) atoms. The molecule has 0 atom stereocenters. The topological polar surface area (TPSA) is 80.9 Å². The van der Waals surface area contributed by atoms with Crippen molar-refractivity contribution < 1.29 is 18.0 Å². The molecule has 0 aliphatic rings. The summed E-state index contributed by atoms with van der Waals surface area (Å²) in [6, 6.07) is 3.11. The van der Waals surface area contributed by atoms with Crippen molar-refractivity contribution in [3.63, 3.8) is 0 Å². The van der Waals surface area contributed by atoms with Crippen molar-refractivity contribution >= 4 is 28.1 Å². The van der Waals surface area contributed by atoms with Crippen molar-refractivity contribution in [2.24, 2.45) is 0 Å². The molecule has 0 radical (unpaired) electrons. The first kappa shape index (κ1) is 14.3. The van der Waals surface area contributed by atoms with Crippen molar-refractivity contribution in [1.29, 1.82) is 0 Å². The van der Waals surface area contributed by atoms with Crippen LogP contribution in [0.4, 0.5) is 24.0 Å². The summed E-state index contributed by atoms with van der Waals surface area (Å²) in [7, 11) is 0. The molecule has 2 aromatic rings. The quantitative estimate of drug-likeness (QED) is 0.893. The van der Waals surface area contributed by atoms with Crippen LogP contribution in [0.1, 0.15) is 20.9 Å². The van der Waals surface area contributed by atoms with Gasteiger partial charge < -0.3 is 11.1 Å². The SMILES string of the molecule is Cc1ccc(C(F)(F)F)cc1NC(=O)c1nnc(N)s1. The fourth-order valence-corrected chi connectivity index (χ4v) is 1.94. The highest BCUT2D eigenvalue weighted by Crippen LogP contribution is 2.32. The minimum atomic E-state index is -4.47. The fourth-order valence-electron chi connectivity index (χ4n) is 1.44. The Balaban J connectivity index is 2.27. The lowest BCUT2D eigenvalue weighted by molar-refractivity contribution is -0.137. The minimum absolute atomic E-state index is 0.0145. The van der Waals surface area contributed by atoms with Gasteiger partial charge in [0.15, 0.2) is 0 Å². The summed E-state index contributed by atoms with van der Waals surface area (Å²) >= 11 is 0.852. The average Bonchev–Trinajstić information content (AvgIpc) is 2.77. The maximum Gasteiger partial charge on any atom is 0.416 e. The molecule has 5 nitrogen and oxygen atoms in total. The summed E-state index contributed by atoms with van der Waals surface area (Å²) in [4.78, 5) is 11.8. The molecule has 1 aromatic carbocycles. The Bertz CT molecular complexity index is 653. The Kier molecular flexibility index (Phi) is 3.62. The van der Waals surface area contributed by atoms with Crippen LogP contribution in [0.3, 0.4) is 0 Å². The van der Waals surface area contributed by atoms with Crippen molar-refractivity contribution in [2.45, 2.75) is 13.1 Å². The number of anilines is 2. The molecule has 0 aliphatic heterocycles. The molecule has 0 spiro atoms. The molecule has 106 valence electrons. The number of alkyl halides is 3. The number of rotatable bonds is 2. The lowest BCUT2D eigenvalue weighted by Gasteiger charge is -2.11. The van der Waals surface area contributed by atoms with Crippen LogP contribution < -0.4 is 11.1 Å². The van der Waals surface area contributed by atoms with Gasteiger partial charge in [-0.05, 0) is 24.6 Å². The van der Waals surface area contributed by atoms with Crippen LogP contribution in [0.15, 0.2) is 18.2 Å². The molecule has 0 saturated heterocycles. The van der Waals surface area contributed by atoms with Crippen molar-refractivity contribution in [1.82, 2.24) is 10.2 Å². The average molecular weight is 302 g/mol. The number of nitrogens with one attached hydrogen (secondary N) is 1. The number of nitrogen functional groups attached to an aromatic ring is 1. The number of carbonyl (C=O) groups excluding carboxylic acids is 1. The van der Waals surface area contributed by atoms with Crippen molar-refractivity contribution in [3.05, 3.63) is 34.3 Å². The van der Waals surface area contributed by atoms with E-state index in [0.717, 1.165) is 23.5 Å². The van der Waals surface area contributed by atoms with Gasteiger partial charge in [0, 0.05) is 5.69 Å². The molecule has 1 amide bonds. The van der Waals surface area contributed by atoms with E-state index in [9.17, 15) is 18.0 Å². The van der Waals surface area contributed by atoms with Crippen molar-refractivity contribution in [2.75, 3.05) is 11.1 Å². The molecule has 0 aliphatic carbocycles. The molecular weight excluding hydrogens is 293 g/mol. The van der Waals surface area contributed by atoms with Gasteiger partial charge in [-0.25, -0.2) is 0 Å². The second kappa shape index (κ2) is 5.08. The third kappa shape index (κ3) is 3.05. The van der Waals surface area contributed by atoms with E-state index in [1.54, 1.807) is 6.92 Å². The van der Waals surface area contributed by atoms with Gasteiger partial charge in [0.2, 0.25) is 10.1 Å². The van der Waals surface area contributed by atoms with Gasteiger partial charge in [0.25, 0.3) is 5.91 Å². The first-order valence-electron chi connectivity index (χ1n) is 5.35.